The number of para-hydroxylation sites is 1. The van der Waals surface area contributed by atoms with Crippen molar-refractivity contribution < 1.29 is 9.53 Å². The van der Waals surface area contributed by atoms with Crippen LogP contribution in [0.2, 0.25) is 0 Å². The summed E-state index contributed by atoms with van der Waals surface area (Å²) in [6, 6.07) is 40.9. The monoisotopic (exact) mass is 528 g/mol. The minimum Gasteiger partial charge on any atom is -0.497 e. The van der Waals surface area contributed by atoms with Crippen LogP contribution in [0.15, 0.2) is 121 Å². The molecule has 5 aromatic rings. The van der Waals surface area contributed by atoms with E-state index in [-0.39, 0.29) is 11.9 Å². The van der Waals surface area contributed by atoms with E-state index in [9.17, 15) is 4.79 Å². The fourth-order valence-corrected chi connectivity index (χ4v) is 5.43. The van der Waals surface area contributed by atoms with Crippen LogP contribution in [0.25, 0.3) is 16.9 Å². The lowest BCUT2D eigenvalue weighted by Gasteiger charge is -2.39. The van der Waals surface area contributed by atoms with Crippen LogP contribution in [-0.2, 0) is 0 Å². The van der Waals surface area contributed by atoms with Crippen molar-refractivity contribution in [3.63, 3.8) is 0 Å². The highest BCUT2D eigenvalue weighted by atomic mass is 16.5. The highest BCUT2D eigenvalue weighted by molar-refractivity contribution is 5.94. The van der Waals surface area contributed by atoms with E-state index in [0.717, 1.165) is 35.8 Å². The number of aromatic nitrogens is 2. The predicted molar refractivity (Wildman–Crippen MR) is 158 cm³/mol. The van der Waals surface area contributed by atoms with Crippen molar-refractivity contribution in [3.05, 3.63) is 138 Å². The smallest absolute Gasteiger partial charge is 0.272 e. The second kappa shape index (κ2) is 11.6. The topological polar surface area (TPSA) is 50.6 Å². The van der Waals surface area contributed by atoms with Crippen molar-refractivity contribution >= 4 is 5.91 Å². The number of methoxy groups -OCH3 is 1. The minimum absolute atomic E-state index is 0.00765. The van der Waals surface area contributed by atoms with Crippen LogP contribution >= 0.6 is 0 Å². The Morgan fingerprint density at radius 3 is 1.82 bits per heavy atom. The maximum atomic E-state index is 14.0. The molecule has 6 rings (SSSR count). The number of hydrogen-bond acceptors (Lipinski definition) is 4. The van der Waals surface area contributed by atoms with Crippen molar-refractivity contribution in [2.45, 2.75) is 6.04 Å². The molecule has 1 saturated heterocycles. The van der Waals surface area contributed by atoms with Gasteiger partial charge >= 0.3 is 0 Å². The van der Waals surface area contributed by atoms with Crippen LogP contribution < -0.4 is 4.74 Å². The van der Waals surface area contributed by atoms with Crippen LogP contribution in [-0.4, -0.2) is 58.8 Å². The number of ether oxygens (including phenoxy) is 1. The molecular formula is C34H32N4O2. The summed E-state index contributed by atoms with van der Waals surface area (Å²) in [7, 11) is 1.65. The van der Waals surface area contributed by atoms with Crippen molar-refractivity contribution in [2.24, 2.45) is 0 Å². The van der Waals surface area contributed by atoms with Crippen molar-refractivity contribution in [1.82, 2.24) is 19.6 Å². The zero-order valence-electron chi connectivity index (χ0n) is 22.6. The van der Waals surface area contributed by atoms with Gasteiger partial charge in [0.1, 0.15) is 11.4 Å². The molecule has 4 aromatic carbocycles. The van der Waals surface area contributed by atoms with Crippen LogP contribution in [0.1, 0.15) is 27.7 Å². The molecule has 0 atom stereocenters. The first kappa shape index (κ1) is 25.6. The minimum atomic E-state index is -0.00765. The molecule has 0 radical (unpaired) electrons. The summed E-state index contributed by atoms with van der Waals surface area (Å²) in [4.78, 5) is 18.4. The fraction of sp³-hybridized carbons (Fsp3) is 0.176. The molecule has 0 spiro atoms. The molecule has 200 valence electrons. The van der Waals surface area contributed by atoms with Gasteiger partial charge in [0, 0.05) is 31.7 Å². The third-order valence-electron chi connectivity index (χ3n) is 7.51. The summed E-state index contributed by atoms with van der Waals surface area (Å²) in [5.41, 5.74) is 5.63. The molecule has 1 fully saturated rings. The number of amides is 1. The first-order valence-electron chi connectivity index (χ1n) is 13.6. The molecular weight excluding hydrogens is 496 g/mol. The molecule has 1 aromatic heterocycles. The molecule has 0 bridgehead atoms. The average Bonchev–Trinajstić information content (AvgIpc) is 3.48. The van der Waals surface area contributed by atoms with E-state index < -0.39 is 0 Å². The Morgan fingerprint density at radius 1 is 0.725 bits per heavy atom. The third kappa shape index (κ3) is 5.26. The number of hydrogen-bond donors (Lipinski definition) is 0. The molecule has 1 aliphatic rings. The number of nitrogens with zero attached hydrogens (tertiary/aromatic N) is 4. The van der Waals surface area contributed by atoms with Gasteiger partial charge in [-0.25, -0.2) is 4.68 Å². The lowest BCUT2D eigenvalue weighted by atomic mass is 9.96. The highest BCUT2D eigenvalue weighted by Gasteiger charge is 2.30. The Balaban J connectivity index is 1.26. The highest BCUT2D eigenvalue weighted by Crippen LogP contribution is 2.30. The van der Waals surface area contributed by atoms with Crippen molar-refractivity contribution in [1.29, 1.82) is 0 Å². The fourth-order valence-electron chi connectivity index (χ4n) is 5.43. The van der Waals surface area contributed by atoms with Crippen molar-refractivity contribution in [3.8, 4) is 22.7 Å². The van der Waals surface area contributed by atoms with E-state index in [2.05, 4.69) is 65.6 Å². The Bertz CT molecular complexity index is 1500. The molecule has 6 nitrogen and oxygen atoms in total. The van der Waals surface area contributed by atoms with Gasteiger partial charge in [0.05, 0.1) is 24.5 Å². The lowest BCUT2D eigenvalue weighted by molar-refractivity contribution is 0.0588. The zero-order valence-corrected chi connectivity index (χ0v) is 22.6. The number of carbonyl (C=O) groups excluding carboxylic acids is 1. The summed E-state index contributed by atoms with van der Waals surface area (Å²) < 4.78 is 7.08. The molecule has 2 heterocycles. The Kier molecular flexibility index (Phi) is 7.42. The largest absolute Gasteiger partial charge is 0.497 e. The van der Waals surface area contributed by atoms with Gasteiger partial charge in [-0.15, -0.1) is 0 Å². The molecule has 1 amide bonds. The zero-order chi connectivity index (χ0) is 27.3. The molecule has 6 heteroatoms. The Hall–Kier alpha value is -4.68. The molecule has 0 aliphatic carbocycles. The SMILES string of the molecule is COc1ccc(-c2cc(C(=O)N3CCN(C(c4ccccc4)c4ccccc4)CC3)n(-c3ccccc3)n2)cc1. The summed E-state index contributed by atoms with van der Waals surface area (Å²) in [6.45, 7) is 2.86. The average molecular weight is 529 g/mol. The second-order valence-corrected chi connectivity index (χ2v) is 9.94. The maximum absolute atomic E-state index is 14.0. The van der Waals surface area contributed by atoms with E-state index in [1.807, 2.05) is 65.6 Å². The van der Waals surface area contributed by atoms with Gasteiger partial charge in [0.25, 0.3) is 5.91 Å². The predicted octanol–water partition coefficient (Wildman–Crippen LogP) is 6.10. The number of benzene rings is 4. The normalized spacial score (nSPS) is 13.9. The number of rotatable bonds is 7. The van der Waals surface area contributed by atoms with Gasteiger partial charge in [-0.1, -0.05) is 78.9 Å². The summed E-state index contributed by atoms with van der Waals surface area (Å²) >= 11 is 0. The quantitative estimate of drug-likeness (QED) is 0.256. The third-order valence-corrected chi connectivity index (χ3v) is 7.51. The van der Waals surface area contributed by atoms with Crippen LogP contribution in [0.3, 0.4) is 0 Å². The van der Waals surface area contributed by atoms with Gasteiger partial charge in [-0.2, -0.15) is 5.10 Å². The standard InChI is InChI=1S/C34H32N4O2/c1-40-30-19-17-26(18-20-30)31-25-32(38(35-31)29-15-9-4-10-16-29)34(39)37-23-21-36(22-24-37)33(27-11-5-2-6-12-27)28-13-7-3-8-14-28/h2-20,25,33H,21-24H2,1H3. The first-order valence-corrected chi connectivity index (χ1v) is 13.6. The Labute approximate surface area is 235 Å². The first-order chi connectivity index (χ1) is 19.7. The van der Waals surface area contributed by atoms with Crippen molar-refractivity contribution in [2.75, 3.05) is 33.3 Å². The summed E-state index contributed by atoms with van der Waals surface area (Å²) in [5, 5.41) is 4.86. The Morgan fingerprint density at radius 2 is 1.27 bits per heavy atom. The van der Waals surface area contributed by atoms with Gasteiger partial charge in [-0.3, -0.25) is 9.69 Å². The number of piperazine rings is 1. The summed E-state index contributed by atoms with van der Waals surface area (Å²) in [5.74, 6) is 0.774. The van der Waals surface area contributed by atoms with E-state index in [1.54, 1.807) is 11.8 Å². The van der Waals surface area contributed by atoms with Crippen LogP contribution in [0.4, 0.5) is 0 Å². The van der Waals surface area contributed by atoms with Gasteiger partial charge in [0.15, 0.2) is 0 Å². The van der Waals surface area contributed by atoms with Crippen LogP contribution in [0.5, 0.6) is 5.75 Å². The molecule has 1 aliphatic heterocycles. The summed E-state index contributed by atoms with van der Waals surface area (Å²) in [6.07, 6.45) is 0. The number of carbonyl (C=O) groups is 1. The van der Waals surface area contributed by atoms with Gasteiger partial charge in [0.2, 0.25) is 0 Å². The van der Waals surface area contributed by atoms with Gasteiger partial charge < -0.3 is 9.64 Å². The molecule has 40 heavy (non-hydrogen) atoms. The van der Waals surface area contributed by atoms with E-state index in [4.69, 9.17) is 9.84 Å². The lowest BCUT2D eigenvalue weighted by Crippen LogP contribution is -2.50. The van der Waals surface area contributed by atoms with E-state index >= 15 is 0 Å². The molecule has 0 saturated carbocycles. The second-order valence-electron chi connectivity index (χ2n) is 9.94. The van der Waals surface area contributed by atoms with E-state index in [0.29, 0.717) is 18.8 Å². The molecule has 0 unspecified atom stereocenters. The molecule has 0 N–H and O–H groups in total. The van der Waals surface area contributed by atoms with Gasteiger partial charge in [-0.05, 0) is 53.6 Å². The van der Waals surface area contributed by atoms with Crippen LogP contribution in [0, 0.1) is 0 Å². The van der Waals surface area contributed by atoms with E-state index in [1.165, 1.54) is 11.1 Å². The maximum Gasteiger partial charge on any atom is 0.272 e.